The maximum Gasteiger partial charge on any atom is 0.282 e. The van der Waals surface area contributed by atoms with Gasteiger partial charge in [-0.25, -0.2) is 0 Å². The monoisotopic (exact) mass is 385 g/mol. The lowest BCUT2D eigenvalue weighted by Crippen LogP contribution is -2.45. The fourth-order valence-corrected chi connectivity index (χ4v) is 5.59. The van der Waals surface area contributed by atoms with E-state index in [9.17, 15) is 24.5 Å². The molecule has 1 saturated heterocycles. The Bertz CT molecular complexity index is 924. The summed E-state index contributed by atoms with van der Waals surface area (Å²) in [6, 6.07) is 4.06. The van der Waals surface area contributed by atoms with Crippen LogP contribution in [0, 0.1) is 20.9 Å². The van der Waals surface area contributed by atoms with Crippen LogP contribution in [0.25, 0.3) is 0 Å². The van der Waals surface area contributed by atoms with Gasteiger partial charge in [0.2, 0.25) is 5.91 Å². The Balaban J connectivity index is 1.57. The minimum Gasteiger partial charge on any atom is -0.338 e. The third-order valence-corrected chi connectivity index (χ3v) is 6.20. The first kappa shape index (κ1) is 18.6. The van der Waals surface area contributed by atoms with Gasteiger partial charge in [-0.15, -0.1) is 0 Å². The molecule has 28 heavy (non-hydrogen) atoms. The first-order chi connectivity index (χ1) is 13.0. The zero-order valence-corrected chi connectivity index (χ0v) is 16.2. The number of hydrogen-bond donors (Lipinski definition) is 0. The largest absolute Gasteiger partial charge is 0.338 e. The Kier molecular flexibility index (Phi) is 3.89. The number of likely N-dealkylation sites (tertiary alicyclic amines) is 1. The summed E-state index contributed by atoms with van der Waals surface area (Å²) in [5.41, 5.74) is -0.456. The number of hydrogen-bond acceptors (Lipinski definition) is 5. The Morgan fingerprint density at radius 3 is 2.61 bits per heavy atom. The summed E-state index contributed by atoms with van der Waals surface area (Å²) in [5.74, 6) is -1.69. The van der Waals surface area contributed by atoms with Crippen LogP contribution in [0.15, 0.2) is 18.2 Å². The summed E-state index contributed by atoms with van der Waals surface area (Å²) >= 11 is 0. The van der Waals surface area contributed by atoms with Crippen molar-refractivity contribution in [2.24, 2.45) is 10.8 Å². The molecule has 1 aromatic carbocycles. The smallest absolute Gasteiger partial charge is 0.282 e. The first-order valence-electron chi connectivity index (χ1n) is 9.44. The number of imide groups is 1. The van der Waals surface area contributed by atoms with Crippen LogP contribution >= 0.6 is 0 Å². The molecular formula is C20H23N3O5. The molecule has 148 valence electrons. The predicted octanol–water partition coefficient (Wildman–Crippen LogP) is 2.62. The van der Waals surface area contributed by atoms with Crippen LogP contribution < -0.4 is 0 Å². The molecule has 1 aliphatic carbocycles. The number of fused-ring (bicyclic) bond motifs is 3. The van der Waals surface area contributed by atoms with Gasteiger partial charge in [-0.2, -0.15) is 0 Å². The molecule has 3 aliphatic rings. The SMILES string of the molecule is CC1(C)CC2CC(C)(CN2C(=O)CN2C(=O)c3cccc([N+](=O)[O-])c3C2=O)C1. The third kappa shape index (κ3) is 2.78. The van der Waals surface area contributed by atoms with Crippen molar-refractivity contribution in [2.75, 3.05) is 13.1 Å². The Labute approximate surface area is 162 Å². The number of carbonyl (C=O) groups is 3. The number of benzene rings is 1. The van der Waals surface area contributed by atoms with E-state index >= 15 is 0 Å². The molecule has 8 nitrogen and oxygen atoms in total. The van der Waals surface area contributed by atoms with Crippen LogP contribution in [-0.2, 0) is 4.79 Å². The highest BCUT2D eigenvalue weighted by Crippen LogP contribution is 2.52. The molecule has 2 heterocycles. The number of carbonyl (C=O) groups excluding carboxylic acids is 3. The highest BCUT2D eigenvalue weighted by atomic mass is 16.6. The zero-order valence-electron chi connectivity index (χ0n) is 16.2. The highest BCUT2D eigenvalue weighted by Gasteiger charge is 2.51. The maximum absolute atomic E-state index is 13.0. The summed E-state index contributed by atoms with van der Waals surface area (Å²) in [6.07, 6.45) is 2.84. The molecule has 4 rings (SSSR count). The molecule has 1 aromatic rings. The van der Waals surface area contributed by atoms with Gasteiger partial charge in [0.25, 0.3) is 17.5 Å². The summed E-state index contributed by atoms with van der Waals surface area (Å²) in [6.45, 7) is 6.82. The topological polar surface area (TPSA) is 101 Å². The van der Waals surface area contributed by atoms with Gasteiger partial charge in [0.15, 0.2) is 0 Å². The van der Waals surface area contributed by atoms with Crippen molar-refractivity contribution in [3.63, 3.8) is 0 Å². The second-order valence-corrected chi connectivity index (χ2v) is 9.39. The molecule has 0 spiro atoms. The average Bonchev–Trinajstić information content (AvgIpc) is 2.98. The van der Waals surface area contributed by atoms with E-state index in [0.717, 1.165) is 24.2 Å². The van der Waals surface area contributed by atoms with E-state index in [0.29, 0.717) is 6.54 Å². The lowest BCUT2D eigenvalue weighted by Gasteiger charge is -2.39. The molecule has 0 N–H and O–H groups in total. The molecule has 1 saturated carbocycles. The van der Waals surface area contributed by atoms with Gasteiger partial charge in [-0.1, -0.05) is 26.8 Å². The second-order valence-electron chi connectivity index (χ2n) is 9.39. The van der Waals surface area contributed by atoms with E-state index in [1.807, 2.05) is 0 Å². The normalized spacial score (nSPS) is 27.9. The van der Waals surface area contributed by atoms with E-state index in [-0.39, 0.29) is 40.5 Å². The summed E-state index contributed by atoms with van der Waals surface area (Å²) < 4.78 is 0. The predicted molar refractivity (Wildman–Crippen MR) is 99.7 cm³/mol. The number of nitro benzene ring substituents is 1. The van der Waals surface area contributed by atoms with Gasteiger partial charge in [-0.3, -0.25) is 29.4 Å². The zero-order chi connectivity index (χ0) is 20.4. The van der Waals surface area contributed by atoms with Gasteiger partial charge >= 0.3 is 0 Å². The number of nitrogens with zero attached hydrogens (tertiary/aromatic N) is 3. The van der Waals surface area contributed by atoms with E-state index in [1.54, 1.807) is 4.90 Å². The van der Waals surface area contributed by atoms with Crippen molar-refractivity contribution >= 4 is 23.4 Å². The molecular weight excluding hydrogens is 362 g/mol. The van der Waals surface area contributed by atoms with Crippen molar-refractivity contribution in [3.8, 4) is 0 Å². The van der Waals surface area contributed by atoms with E-state index in [1.165, 1.54) is 18.2 Å². The number of rotatable bonds is 3. The quantitative estimate of drug-likeness (QED) is 0.452. The van der Waals surface area contributed by atoms with Crippen molar-refractivity contribution in [2.45, 2.75) is 46.1 Å². The van der Waals surface area contributed by atoms with Gasteiger partial charge in [0.05, 0.1) is 10.5 Å². The molecule has 2 fully saturated rings. The summed E-state index contributed by atoms with van der Waals surface area (Å²) in [4.78, 5) is 51.5. The average molecular weight is 385 g/mol. The minimum atomic E-state index is -0.769. The van der Waals surface area contributed by atoms with Crippen LogP contribution in [0.4, 0.5) is 5.69 Å². The summed E-state index contributed by atoms with van der Waals surface area (Å²) in [7, 11) is 0. The molecule has 2 atom stereocenters. The van der Waals surface area contributed by atoms with Gasteiger partial charge in [0.1, 0.15) is 12.1 Å². The van der Waals surface area contributed by atoms with Crippen LogP contribution in [0.5, 0.6) is 0 Å². The summed E-state index contributed by atoms with van der Waals surface area (Å²) in [5, 5.41) is 11.2. The van der Waals surface area contributed by atoms with Crippen LogP contribution in [-0.4, -0.2) is 51.6 Å². The molecule has 2 aliphatic heterocycles. The number of nitro groups is 1. The van der Waals surface area contributed by atoms with Crippen LogP contribution in [0.1, 0.15) is 60.7 Å². The van der Waals surface area contributed by atoms with Gasteiger partial charge < -0.3 is 4.90 Å². The minimum absolute atomic E-state index is 0.0136. The van der Waals surface area contributed by atoms with Crippen LogP contribution in [0.2, 0.25) is 0 Å². The molecule has 2 unspecified atom stereocenters. The standard InChI is InChI=1S/C20H23N3O5/c1-19(2)7-12-8-20(3,10-19)11-22(12)15(24)9-21-17(25)13-5-4-6-14(23(27)28)16(13)18(21)26/h4-6,12H,7-11H2,1-3H3. The molecule has 0 radical (unpaired) electrons. The van der Waals surface area contributed by atoms with Crippen molar-refractivity contribution < 1.29 is 19.3 Å². The highest BCUT2D eigenvalue weighted by molar-refractivity contribution is 6.24. The fraction of sp³-hybridized carbons (Fsp3) is 0.550. The van der Waals surface area contributed by atoms with E-state index in [4.69, 9.17) is 0 Å². The Hall–Kier alpha value is -2.77. The molecule has 3 amide bonds. The van der Waals surface area contributed by atoms with Crippen molar-refractivity contribution in [1.29, 1.82) is 0 Å². The van der Waals surface area contributed by atoms with Crippen LogP contribution in [0.3, 0.4) is 0 Å². The third-order valence-electron chi connectivity index (χ3n) is 6.20. The lowest BCUT2D eigenvalue weighted by atomic mass is 9.65. The van der Waals surface area contributed by atoms with E-state index < -0.39 is 22.4 Å². The van der Waals surface area contributed by atoms with Gasteiger partial charge in [0, 0.05) is 18.7 Å². The first-order valence-corrected chi connectivity index (χ1v) is 9.44. The Morgan fingerprint density at radius 2 is 1.93 bits per heavy atom. The van der Waals surface area contributed by atoms with E-state index in [2.05, 4.69) is 20.8 Å². The fourth-order valence-electron chi connectivity index (χ4n) is 5.59. The van der Waals surface area contributed by atoms with Gasteiger partial charge in [-0.05, 0) is 36.2 Å². The molecule has 8 heteroatoms. The molecule has 0 aromatic heterocycles. The van der Waals surface area contributed by atoms with Crippen molar-refractivity contribution in [3.05, 3.63) is 39.4 Å². The second kappa shape index (κ2) is 5.86. The maximum atomic E-state index is 13.0. The lowest BCUT2D eigenvalue weighted by molar-refractivity contribution is -0.385. The van der Waals surface area contributed by atoms with Crippen molar-refractivity contribution in [1.82, 2.24) is 9.80 Å². The number of amides is 3. The molecule has 2 bridgehead atoms. The Morgan fingerprint density at radius 1 is 1.21 bits per heavy atom.